The highest BCUT2D eigenvalue weighted by atomic mass is 79.9. The van der Waals surface area contributed by atoms with Crippen molar-refractivity contribution in [3.63, 3.8) is 0 Å². The average molecular weight is 348 g/mol. The molecule has 0 atom stereocenters. The number of benzene rings is 1. The van der Waals surface area contributed by atoms with Crippen molar-refractivity contribution in [2.75, 3.05) is 17.7 Å². The summed E-state index contributed by atoms with van der Waals surface area (Å²) in [7, 11) is 1.80. The Morgan fingerprint density at radius 1 is 1.29 bits per heavy atom. The van der Waals surface area contributed by atoms with Gasteiger partial charge in [0.1, 0.15) is 5.82 Å². The molecular weight excluding hydrogens is 330 g/mol. The topological polar surface area (TPSA) is 54.0 Å². The molecule has 0 radical (unpaired) electrons. The van der Waals surface area contributed by atoms with Crippen LogP contribution in [0.5, 0.6) is 0 Å². The van der Waals surface area contributed by atoms with E-state index in [2.05, 4.69) is 38.5 Å². The van der Waals surface area contributed by atoms with Crippen LogP contribution in [-0.4, -0.2) is 17.9 Å². The summed E-state index contributed by atoms with van der Waals surface area (Å²) in [5.74, 6) is 0.566. The van der Waals surface area contributed by atoms with Gasteiger partial charge in [0.05, 0.1) is 5.69 Å². The van der Waals surface area contributed by atoms with Gasteiger partial charge < -0.3 is 10.6 Å². The van der Waals surface area contributed by atoms with Crippen molar-refractivity contribution in [2.24, 2.45) is 0 Å². The molecule has 4 nitrogen and oxygen atoms in total. The molecule has 5 heteroatoms. The van der Waals surface area contributed by atoms with Gasteiger partial charge in [0.2, 0.25) is 0 Å². The largest absolute Gasteiger partial charge is 0.373 e. The van der Waals surface area contributed by atoms with Gasteiger partial charge in [-0.1, -0.05) is 25.5 Å². The Kier molecular flexibility index (Phi) is 5.33. The van der Waals surface area contributed by atoms with E-state index in [9.17, 15) is 4.79 Å². The lowest BCUT2D eigenvalue weighted by Gasteiger charge is -2.10. The molecule has 0 aliphatic carbocycles. The van der Waals surface area contributed by atoms with E-state index in [-0.39, 0.29) is 5.91 Å². The predicted octanol–water partition coefficient (Wildman–Crippen LogP) is 4.09. The maximum absolute atomic E-state index is 12.4. The minimum absolute atomic E-state index is 0.141. The zero-order chi connectivity index (χ0) is 15.2. The Bertz CT molecular complexity index is 643. The summed E-state index contributed by atoms with van der Waals surface area (Å²) < 4.78 is 0.857. The van der Waals surface area contributed by atoms with E-state index in [0.717, 1.165) is 28.7 Å². The molecule has 110 valence electrons. The molecule has 0 saturated carbocycles. The first-order chi connectivity index (χ1) is 10.1. The fourth-order valence-electron chi connectivity index (χ4n) is 1.99. The summed E-state index contributed by atoms with van der Waals surface area (Å²) in [4.78, 5) is 16.9. The van der Waals surface area contributed by atoms with E-state index in [1.807, 2.05) is 30.3 Å². The smallest absolute Gasteiger partial charge is 0.255 e. The van der Waals surface area contributed by atoms with Gasteiger partial charge in [-0.3, -0.25) is 4.79 Å². The normalized spacial score (nSPS) is 10.2. The van der Waals surface area contributed by atoms with Crippen molar-refractivity contribution >= 4 is 33.3 Å². The van der Waals surface area contributed by atoms with E-state index in [4.69, 9.17) is 0 Å². The Labute approximate surface area is 133 Å². The third kappa shape index (κ3) is 4.04. The van der Waals surface area contributed by atoms with Crippen LogP contribution in [0.2, 0.25) is 0 Å². The highest BCUT2D eigenvalue weighted by Gasteiger charge is 2.11. The second-order valence-corrected chi connectivity index (χ2v) is 5.52. The second-order valence-electron chi connectivity index (χ2n) is 4.67. The summed E-state index contributed by atoms with van der Waals surface area (Å²) in [6.45, 7) is 2.09. The van der Waals surface area contributed by atoms with Crippen molar-refractivity contribution < 1.29 is 4.79 Å². The lowest BCUT2D eigenvalue weighted by atomic mass is 10.1. The SMILES string of the molecule is CCCc1cc(C(=O)Nc2ccccc2Br)cc(NC)n1. The molecule has 21 heavy (non-hydrogen) atoms. The molecule has 0 fully saturated rings. The van der Waals surface area contributed by atoms with Crippen LogP contribution in [0, 0.1) is 0 Å². The van der Waals surface area contributed by atoms with Gasteiger partial charge in [-0.2, -0.15) is 0 Å². The zero-order valence-electron chi connectivity index (χ0n) is 12.1. The number of amides is 1. The molecule has 0 aliphatic heterocycles. The number of rotatable bonds is 5. The van der Waals surface area contributed by atoms with E-state index >= 15 is 0 Å². The van der Waals surface area contributed by atoms with Gasteiger partial charge in [-0.15, -0.1) is 0 Å². The fraction of sp³-hybridized carbons (Fsp3) is 0.250. The highest BCUT2D eigenvalue weighted by molar-refractivity contribution is 9.10. The van der Waals surface area contributed by atoms with Crippen molar-refractivity contribution in [1.82, 2.24) is 4.98 Å². The van der Waals surface area contributed by atoms with E-state index < -0.39 is 0 Å². The van der Waals surface area contributed by atoms with Gasteiger partial charge in [0, 0.05) is 22.8 Å². The number of aromatic nitrogens is 1. The number of carbonyl (C=O) groups excluding carboxylic acids is 1. The van der Waals surface area contributed by atoms with Crippen molar-refractivity contribution in [3.05, 3.63) is 52.1 Å². The number of nitrogens with zero attached hydrogens (tertiary/aromatic N) is 1. The molecule has 2 rings (SSSR count). The maximum atomic E-state index is 12.4. The van der Waals surface area contributed by atoms with Crippen LogP contribution < -0.4 is 10.6 Å². The quantitative estimate of drug-likeness (QED) is 0.856. The minimum atomic E-state index is -0.141. The molecule has 1 amide bonds. The van der Waals surface area contributed by atoms with Crippen LogP contribution in [-0.2, 0) is 6.42 Å². The molecule has 0 bridgehead atoms. The number of para-hydroxylation sites is 1. The Balaban J connectivity index is 2.26. The monoisotopic (exact) mass is 347 g/mol. The van der Waals surface area contributed by atoms with E-state index in [1.165, 1.54) is 0 Å². The summed E-state index contributed by atoms with van der Waals surface area (Å²) in [5, 5.41) is 5.90. The number of pyridine rings is 1. The maximum Gasteiger partial charge on any atom is 0.255 e. The summed E-state index contributed by atoms with van der Waals surface area (Å²) in [6, 6.07) is 11.1. The van der Waals surface area contributed by atoms with E-state index in [1.54, 1.807) is 13.1 Å². The van der Waals surface area contributed by atoms with Gasteiger partial charge in [0.25, 0.3) is 5.91 Å². The first-order valence-electron chi connectivity index (χ1n) is 6.88. The average Bonchev–Trinajstić information content (AvgIpc) is 2.49. The fourth-order valence-corrected chi connectivity index (χ4v) is 2.37. The Morgan fingerprint density at radius 3 is 2.71 bits per heavy atom. The molecule has 0 spiro atoms. The summed E-state index contributed by atoms with van der Waals surface area (Å²) >= 11 is 3.43. The minimum Gasteiger partial charge on any atom is -0.373 e. The molecule has 1 aromatic carbocycles. The summed E-state index contributed by atoms with van der Waals surface area (Å²) in [6.07, 6.45) is 1.84. The molecule has 1 aromatic heterocycles. The van der Waals surface area contributed by atoms with Gasteiger partial charge >= 0.3 is 0 Å². The molecular formula is C16H18BrN3O. The first kappa shape index (κ1) is 15.5. The predicted molar refractivity (Wildman–Crippen MR) is 89.9 cm³/mol. The van der Waals surface area contributed by atoms with Crippen LogP contribution in [0.4, 0.5) is 11.5 Å². The number of hydrogen-bond donors (Lipinski definition) is 2. The molecule has 2 N–H and O–H groups in total. The highest BCUT2D eigenvalue weighted by Crippen LogP contribution is 2.22. The van der Waals surface area contributed by atoms with Crippen LogP contribution in [0.15, 0.2) is 40.9 Å². The number of halogens is 1. The lowest BCUT2D eigenvalue weighted by molar-refractivity contribution is 0.102. The van der Waals surface area contributed by atoms with Gasteiger partial charge in [0.15, 0.2) is 0 Å². The van der Waals surface area contributed by atoms with Gasteiger partial charge in [-0.25, -0.2) is 4.98 Å². The van der Waals surface area contributed by atoms with Crippen molar-refractivity contribution in [1.29, 1.82) is 0 Å². The van der Waals surface area contributed by atoms with Gasteiger partial charge in [-0.05, 0) is 46.6 Å². The molecule has 1 heterocycles. The third-order valence-electron chi connectivity index (χ3n) is 3.02. The number of hydrogen-bond acceptors (Lipinski definition) is 3. The first-order valence-corrected chi connectivity index (χ1v) is 7.68. The van der Waals surface area contributed by atoms with E-state index in [0.29, 0.717) is 11.4 Å². The molecule has 0 saturated heterocycles. The molecule has 2 aromatic rings. The van der Waals surface area contributed by atoms with Crippen LogP contribution in [0.1, 0.15) is 29.4 Å². The number of anilines is 2. The molecule has 0 aliphatic rings. The Hall–Kier alpha value is -1.88. The van der Waals surface area contributed by atoms with Crippen molar-refractivity contribution in [2.45, 2.75) is 19.8 Å². The molecule has 0 unspecified atom stereocenters. The third-order valence-corrected chi connectivity index (χ3v) is 3.72. The standard InChI is InChI=1S/C16H18BrN3O/c1-3-6-12-9-11(10-15(18-2)19-12)16(21)20-14-8-5-4-7-13(14)17/h4-5,7-10H,3,6H2,1-2H3,(H,18,19)(H,20,21). The number of carbonyl (C=O) groups is 1. The van der Waals surface area contributed by atoms with Crippen LogP contribution in [0.3, 0.4) is 0 Å². The lowest BCUT2D eigenvalue weighted by Crippen LogP contribution is -2.14. The Morgan fingerprint density at radius 2 is 2.05 bits per heavy atom. The summed E-state index contributed by atoms with van der Waals surface area (Å²) in [5.41, 5.74) is 2.28. The van der Waals surface area contributed by atoms with Crippen molar-refractivity contribution in [3.8, 4) is 0 Å². The van der Waals surface area contributed by atoms with Crippen LogP contribution in [0.25, 0.3) is 0 Å². The zero-order valence-corrected chi connectivity index (χ0v) is 13.7. The van der Waals surface area contributed by atoms with Crippen LogP contribution >= 0.6 is 15.9 Å². The second kappa shape index (κ2) is 7.22. The number of nitrogens with one attached hydrogen (secondary N) is 2. The number of aryl methyl sites for hydroxylation is 1.